The van der Waals surface area contributed by atoms with E-state index in [9.17, 15) is 0 Å². The summed E-state index contributed by atoms with van der Waals surface area (Å²) in [5, 5.41) is 9.74. The number of nitrogens with zero attached hydrogens (tertiary/aromatic N) is 1. The zero-order valence-electron chi connectivity index (χ0n) is 26.3. The first-order valence-corrected chi connectivity index (χ1v) is 16.4. The summed E-state index contributed by atoms with van der Waals surface area (Å²) >= 11 is 0. The minimum Gasteiger partial charge on any atom is -0.456 e. The van der Waals surface area contributed by atoms with E-state index in [-0.39, 0.29) is 5.41 Å². The van der Waals surface area contributed by atoms with E-state index >= 15 is 0 Å². The molecule has 47 heavy (non-hydrogen) atoms. The Labute approximate surface area is 273 Å². The molecule has 0 bridgehead atoms. The van der Waals surface area contributed by atoms with Crippen LogP contribution in [0, 0.1) is 0 Å². The summed E-state index contributed by atoms with van der Waals surface area (Å²) in [6, 6.07) is 55.4. The van der Waals surface area contributed by atoms with Gasteiger partial charge in [-0.1, -0.05) is 123 Å². The van der Waals surface area contributed by atoms with Crippen molar-refractivity contribution in [1.82, 2.24) is 0 Å². The molecule has 1 aliphatic rings. The molecule has 1 aromatic heterocycles. The third kappa shape index (κ3) is 3.73. The quantitative estimate of drug-likeness (QED) is 0.187. The fourth-order valence-corrected chi connectivity index (χ4v) is 8.15. The van der Waals surface area contributed by atoms with Crippen molar-refractivity contribution in [3.63, 3.8) is 0 Å². The molecule has 0 amide bonds. The second-order valence-corrected chi connectivity index (χ2v) is 13.3. The number of furan rings is 1. The lowest BCUT2D eigenvalue weighted by Gasteiger charge is -2.29. The van der Waals surface area contributed by atoms with Crippen LogP contribution >= 0.6 is 0 Å². The molecular formula is C45H31NO. The van der Waals surface area contributed by atoms with Crippen molar-refractivity contribution < 1.29 is 4.42 Å². The average molecular weight is 602 g/mol. The molecular weight excluding hydrogens is 571 g/mol. The lowest BCUT2D eigenvalue weighted by Crippen LogP contribution is -2.15. The Kier molecular flexibility index (Phi) is 5.37. The van der Waals surface area contributed by atoms with Crippen molar-refractivity contribution in [1.29, 1.82) is 0 Å². The Balaban J connectivity index is 1.31. The van der Waals surface area contributed by atoms with Gasteiger partial charge in [0.05, 0.1) is 5.69 Å². The summed E-state index contributed by atoms with van der Waals surface area (Å²) in [4.78, 5) is 2.46. The molecule has 0 atom stereocenters. The van der Waals surface area contributed by atoms with Gasteiger partial charge >= 0.3 is 0 Å². The van der Waals surface area contributed by atoms with Crippen molar-refractivity contribution >= 4 is 71.3 Å². The topological polar surface area (TPSA) is 16.4 Å². The molecule has 0 radical (unpaired) electrons. The molecule has 9 aromatic rings. The van der Waals surface area contributed by atoms with Crippen LogP contribution in [0.4, 0.5) is 17.1 Å². The van der Waals surface area contributed by atoms with Crippen molar-refractivity contribution in [2.45, 2.75) is 19.3 Å². The summed E-state index contributed by atoms with van der Waals surface area (Å²) < 4.78 is 6.28. The molecule has 0 aliphatic heterocycles. The Bertz CT molecular complexity index is 2730. The van der Waals surface area contributed by atoms with Gasteiger partial charge in [0.15, 0.2) is 0 Å². The van der Waals surface area contributed by atoms with Gasteiger partial charge in [-0.3, -0.25) is 0 Å². The highest BCUT2D eigenvalue weighted by molar-refractivity contribution is 6.21. The Hall–Kier alpha value is -5.86. The van der Waals surface area contributed by atoms with E-state index in [1.165, 1.54) is 54.6 Å². The molecule has 0 fully saturated rings. The second kappa shape index (κ2) is 9.57. The molecule has 8 aromatic carbocycles. The van der Waals surface area contributed by atoms with E-state index < -0.39 is 0 Å². The molecule has 0 spiro atoms. The summed E-state index contributed by atoms with van der Waals surface area (Å²) in [5.41, 5.74) is 10.5. The average Bonchev–Trinajstić information content (AvgIpc) is 3.60. The van der Waals surface area contributed by atoms with Crippen LogP contribution in [0.1, 0.15) is 25.0 Å². The zero-order valence-corrected chi connectivity index (χ0v) is 26.3. The van der Waals surface area contributed by atoms with E-state index in [0.717, 1.165) is 39.0 Å². The van der Waals surface area contributed by atoms with Crippen LogP contribution in [0.15, 0.2) is 156 Å². The van der Waals surface area contributed by atoms with Crippen LogP contribution in [0.5, 0.6) is 0 Å². The summed E-state index contributed by atoms with van der Waals surface area (Å²) in [5.74, 6) is 0. The predicted octanol–water partition coefficient (Wildman–Crippen LogP) is 12.8. The van der Waals surface area contributed by atoms with Gasteiger partial charge in [0, 0.05) is 32.9 Å². The number of fused-ring (bicyclic) bond motifs is 11. The number of anilines is 3. The van der Waals surface area contributed by atoms with Gasteiger partial charge in [-0.05, 0) is 91.6 Å². The summed E-state index contributed by atoms with van der Waals surface area (Å²) in [7, 11) is 0. The minimum atomic E-state index is -0.0571. The number of benzene rings is 8. The number of hydrogen-bond acceptors (Lipinski definition) is 2. The van der Waals surface area contributed by atoms with Gasteiger partial charge < -0.3 is 9.32 Å². The number of para-hydroxylation sites is 1. The Morgan fingerprint density at radius 3 is 1.96 bits per heavy atom. The monoisotopic (exact) mass is 601 g/mol. The maximum absolute atomic E-state index is 6.28. The first kappa shape index (κ1) is 26.4. The highest BCUT2D eigenvalue weighted by Crippen LogP contribution is 2.51. The Morgan fingerprint density at radius 1 is 0.426 bits per heavy atom. The third-order valence-corrected chi connectivity index (χ3v) is 10.4. The van der Waals surface area contributed by atoms with E-state index in [2.05, 4.69) is 164 Å². The number of hydrogen-bond donors (Lipinski definition) is 0. The van der Waals surface area contributed by atoms with Gasteiger partial charge in [-0.25, -0.2) is 0 Å². The normalized spacial score (nSPS) is 13.5. The van der Waals surface area contributed by atoms with E-state index in [1.807, 2.05) is 6.07 Å². The fraction of sp³-hybridized carbons (Fsp3) is 0.0667. The maximum atomic E-state index is 6.28. The minimum absolute atomic E-state index is 0.0571. The van der Waals surface area contributed by atoms with Crippen LogP contribution in [-0.2, 0) is 5.41 Å². The molecule has 10 rings (SSSR count). The number of rotatable bonds is 3. The van der Waals surface area contributed by atoms with Crippen molar-refractivity contribution in [3.8, 4) is 11.1 Å². The van der Waals surface area contributed by atoms with Crippen LogP contribution < -0.4 is 4.90 Å². The largest absolute Gasteiger partial charge is 0.456 e. The molecule has 1 heterocycles. The highest BCUT2D eigenvalue weighted by Gasteiger charge is 2.35. The van der Waals surface area contributed by atoms with Crippen molar-refractivity contribution in [3.05, 3.63) is 163 Å². The lowest BCUT2D eigenvalue weighted by molar-refractivity contribution is 0.660. The molecule has 2 heteroatoms. The standard InChI is InChI=1S/C45H31NO/c1-45(2)40-17-9-7-14-34(40)38-25-29(20-23-41(38)45)46(30-21-24-44-39(26-30)36-16-8-10-18-43(36)47-44)42-27-37-31-12-4-3-11-28(31)19-22-33(37)32-13-5-6-15-35(32)42/h3-27H,1-2H3. The second-order valence-electron chi connectivity index (χ2n) is 13.3. The first-order chi connectivity index (χ1) is 23.1. The predicted molar refractivity (Wildman–Crippen MR) is 198 cm³/mol. The van der Waals surface area contributed by atoms with Crippen LogP contribution in [0.25, 0.3) is 65.4 Å². The highest BCUT2D eigenvalue weighted by atomic mass is 16.3. The fourth-order valence-electron chi connectivity index (χ4n) is 8.15. The smallest absolute Gasteiger partial charge is 0.135 e. The van der Waals surface area contributed by atoms with E-state index in [0.29, 0.717) is 0 Å². The van der Waals surface area contributed by atoms with Gasteiger partial charge in [0.25, 0.3) is 0 Å². The third-order valence-electron chi connectivity index (χ3n) is 10.4. The first-order valence-electron chi connectivity index (χ1n) is 16.4. The van der Waals surface area contributed by atoms with Crippen LogP contribution in [0.2, 0.25) is 0 Å². The lowest BCUT2D eigenvalue weighted by atomic mass is 9.82. The molecule has 2 nitrogen and oxygen atoms in total. The molecule has 0 saturated heterocycles. The van der Waals surface area contributed by atoms with Gasteiger partial charge in [-0.2, -0.15) is 0 Å². The maximum Gasteiger partial charge on any atom is 0.135 e. The Morgan fingerprint density at radius 2 is 1.06 bits per heavy atom. The molecule has 222 valence electrons. The van der Waals surface area contributed by atoms with Crippen LogP contribution in [0.3, 0.4) is 0 Å². The van der Waals surface area contributed by atoms with E-state index in [4.69, 9.17) is 4.42 Å². The molecule has 0 saturated carbocycles. The van der Waals surface area contributed by atoms with E-state index in [1.54, 1.807) is 0 Å². The summed E-state index contributed by atoms with van der Waals surface area (Å²) in [6.07, 6.45) is 0. The van der Waals surface area contributed by atoms with Crippen molar-refractivity contribution in [2.75, 3.05) is 4.90 Å². The van der Waals surface area contributed by atoms with Crippen LogP contribution in [-0.4, -0.2) is 0 Å². The van der Waals surface area contributed by atoms with Gasteiger partial charge in [-0.15, -0.1) is 0 Å². The molecule has 0 N–H and O–H groups in total. The zero-order chi connectivity index (χ0) is 31.3. The molecule has 0 unspecified atom stereocenters. The van der Waals surface area contributed by atoms with Crippen molar-refractivity contribution in [2.24, 2.45) is 0 Å². The SMILES string of the molecule is CC1(C)c2ccccc2-c2cc(N(c3ccc4oc5ccccc5c4c3)c3cc4c5ccccc5ccc4c4ccccc34)ccc21. The van der Waals surface area contributed by atoms with Gasteiger partial charge in [0.2, 0.25) is 0 Å². The van der Waals surface area contributed by atoms with Gasteiger partial charge in [0.1, 0.15) is 11.2 Å². The summed E-state index contributed by atoms with van der Waals surface area (Å²) in [6.45, 7) is 4.68. The molecule has 1 aliphatic carbocycles.